The molecule has 0 spiro atoms. The first kappa shape index (κ1) is 17.5. The number of amides is 2. The Balaban J connectivity index is 1.70. The molecule has 2 aromatic rings. The highest BCUT2D eigenvalue weighted by atomic mass is 16.5. The van der Waals surface area contributed by atoms with Gasteiger partial charge in [0.15, 0.2) is 0 Å². The fourth-order valence-electron chi connectivity index (χ4n) is 2.21. The largest absolute Gasteiger partial charge is 0.494 e. The molecule has 0 atom stereocenters. The third-order valence-corrected chi connectivity index (χ3v) is 3.40. The van der Waals surface area contributed by atoms with Gasteiger partial charge in [0.05, 0.1) is 6.61 Å². The number of anilines is 1. The Morgan fingerprint density at radius 1 is 0.958 bits per heavy atom. The molecule has 2 rings (SSSR count). The predicted molar refractivity (Wildman–Crippen MR) is 94.0 cm³/mol. The number of carbonyl (C=O) groups is 2. The monoisotopic (exact) mass is 326 g/mol. The molecular formula is C19H22N2O3. The van der Waals surface area contributed by atoms with Crippen LogP contribution < -0.4 is 15.4 Å². The highest BCUT2D eigenvalue weighted by Gasteiger charge is 2.12. The molecule has 0 aliphatic heterocycles. The Morgan fingerprint density at radius 2 is 1.67 bits per heavy atom. The van der Waals surface area contributed by atoms with Gasteiger partial charge in [0.2, 0.25) is 0 Å². The zero-order valence-corrected chi connectivity index (χ0v) is 13.7. The van der Waals surface area contributed by atoms with Gasteiger partial charge >= 0.3 is 11.8 Å². The van der Waals surface area contributed by atoms with Crippen molar-refractivity contribution >= 4 is 17.5 Å². The average molecular weight is 326 g/mol. The Hall–Kier alpha value is -2.82. The van der Waals surface area contributed by atoms with Crippen LogP contribution in [0.1, 0.15) is 18.9 Å². The zero-order chi connectivity index (χ0) is 17.2. The van der Waals surface area contributed by atoms with Gasteiger partial charge in [0.25, 0.3) is 0 Å². The lowest BCUT2D eigenvalue weighted by Gasteiger charge is -2.08. The van der Waals surface area contributed by atoms with Crippen molar-refractivity contribution in [2.75, 3.05) is 18.5 Å². The second kappa shape index (κ2) is 9.35. The molecule has 0 aliphatic rings. The van der Waals surface area contributed by atoms with Gasteiger partial charge in [-0.05, 0) is 49.6 Å². The molecule has 126 valence electrons. The molecule has 24 heavy (non-hydrogen) atoms. The topological polar surface area (TPSA) is 67.4 Å². The van der Waals surface area contributed by atoms with E-state index in [1.54, 1.807) is 24.3 Å². The number of hydrogen-bond acceptors (Lipinski definition) is 3. The van der Waals surface area contributed by atoms with E-state index in [0.717, 1.165) is 18.6 Å². The van der Waals surface area contributed by atoms with Crippen LogP contribution in [-0.4, -0.2) is 25.0 Å². The van der Waals surface area contributed by atoms with Crippen molar-refractivity contribution in [3.05, 3.63) is 60.2 Å². The average Bonchev–Trinajstić information content (AvgIpc) is 2.61. The molecular weight excluding hydrogens is 304 g/mol. The van der Waals surface area contributed by atoms with Crippen LogP contribution in [0.4, 0.5) is 5.69 Å². The van der Waals surface area contributed by atoms with E-state index in [4.69, 9.17) is 4.74 Å². The van der Waals surface area contributed by atoms with Crippen LogP contribution in [0.15, 0.2) is 54.6 Å². The van der Waals surface area contributed by atoms with Crippen LogP contribution in [0, 0.1) is 0 Å². The number of aryl methyl sites for hydroxylation is 1. The molecule has 0 saturated carbocycles. The smallest absolute Gasteiger partial charge is 0.313 e. The van der Waals surface area contributed by atoms with Crippen LogP contribution in [0.5, 0.6) is 5.75 Å². The molecule has 0 unspecified atom stereocenters. The van der Waals surface area contributed by atoms with Crippen molar-refractivity contribution in [3.63, 3.8) is 0 Å². The van der Waals surface area contributed by atoms with E-state index in [0.29, 0.717) is 18.8 Å². The van der Waals surface area contributed by atoms with Crippen molar-refractivity contribution in [1.29, 1.82) is 0 Å². The Kier molecular flexibility index (Phi) is 6.83. The standard InChI is InChI=1S/C19H22N2O3/c1-2-24-17-12-10-16(11-13-17)21-19(23)18(22)20-14-6-9-15-7-4-3-5-8-15/h3-5,7-8,10-13H,2,6,9,14H2,1H3,(H,20,22)(H,21,23). The van der Waals surface area contributed by atoms with Gasteiger partial charge in [-0.25, -0.2) is 0 Å². The summed E-state index contributed by atoms with van der Waals surface area (Å²) in [7, 11) is 0. The van der Waals surface area contributed by atoms with Gasteiger partial charge in [-0.15, -0.1) is 0 Å². The van der Waals surface area contributed by atoms with Gasteiger partial charge in [0, 0.05) is 12.2 Å². The third kappa shape index (κ3) is 5.76. The summed E-state index contributed by atoms with van der Waals surface area (Å²) in [5, 5.41) is 5.19. The summed E-state index contributed by atoms with van der Waals surface area (Å²) >= 11 is 0. The van der Waals surface area contributed by atoms with Crippen molar-refractivity contribution in [1.82, 2.24) is 5.32 Å². The SMILES string of the molecule is CCOc1ccc(NC(=O)C(=O)NCCCc2ccccc2)cc1. The maximum atomic E-state index is 11.8. The number of carbonyl (C=O) groups excluding carboxylic acids is 2. The molecule has 5 nitrogen and oxygen atoms in total. The maximum absolute atomic E-state index is 11.8. The summed E-state index contributed by atoms with van der Waals surface area (Å²) in [6.45, 7) is 2.94. The van der Waals surface area contributed by atoms with Gasteiger partial charge in [-0.1, -0.05) is 30.3 Å². The summed E-state index contributed by atoms with van der Waals surface area (Å²) < 4.78 is 5.32. The second-order valence-corrected chi connectivity index (χ2v) is 5.26. The lowest BCUT2D eigenvalue weighted by atomic mass is 10.1. The van der Waals surface area contributed by atoms with Crippen molar-refractivity contribution < 1.29 is 14.3 Å². The van der Waals surface area contributed by atoms with E-state index in [-0.39, 0.29) is 0 Å². The van der Waals surface area contributed by atoms with Gasteiger partial charge in [0.1, 0.15) is 5.75 Å². The van der Waals surface area contributed by atoms with Gasteiger partial charge < -0.3 is 15.4 Å². The summed E-state index contributed by atoms with van der Waals surface area (Å²) in [6.07, 6.45) is 1.65. The quantitative estimate of drug-likeness (QED) is 0.607. The van der Waals surface area contributed by atoms with E-state index < -0.39 is 11.8 Å². The fourth-order valence-corrected chi connectivity index (χ4v) is 2.21. The predicted octanol–water partition coefficient (Wildman–Crippen LogP) is 2.77. The van der Waals surface area contributed by atoms with E-state index in [1.165, 1.54) is 5.56 Å². The maximum Gasteiger partial charge on any atom is 0.313 e. The zero-order valence-electron chi connectivity index (χ0n) is 13.7. The molecule has 5 heteroatoms. The number of hydrogen-bond donors (Lipinski definition) is 2. The van der Waals surface area contributed by atoms with E-state index in [9.17, 15) is 9.59 Å². The second-order valence-electron chi connectivity index (χ2n) is 5.26. The highest BCUT2D eigenvalue weighted by Crippen LogP contribution is 2.15. The molecule has 2 aromatic carbocycles. The molecule has 0 heterocycles. The number of benzene rings is 2. The van der Waals surface area contributed by atoms with E-state index in [2.05, 4.69) is 10.6 Å². The van der Waals surface area contributed by atoms with Crippen molar-refractivity contribution in [2.24, 2.45) is 0 Å². The summed E-state index contributed by atoms with van der Waals surface area (Å²) in [6, 6.07) is 16.9. The number of ether oxygens (including phenoxy) is 1. The normalized spacial score (nSPS) is 10.0. The first-order chi connectivity index (χ1) is 11.7. The number of rotatable bonds is 7. The van der Waals surface area contributed by atoms with Crippen LogP contribution in [-0.2, 0) is 16.0 Å². The van der Waals surface area contributed by atoms with Crippen LogP contribution in [0.25, 0.3) is 0 Å². The minimum absolute atomic E-state index is 0.463. The molecule has 0 radical (unpaired) electrons. The van der Waals surface area contributed by atoms with Crippen LogP contribution >= 0.6 is 0 Å². The van der Waals surface area contributed by atoms with Crippen molar-refractivity contribution in [2.45, 2.75) is 19.8 Å². The first-order valence-corrected chi connectivity index (χ1v) is 8.05. The summed E-state index contributed by atoms with van der Waals surface area (Å²) in [4.78, 5) is 23.6. The highest BCUT2D eigenvalue weighted by molar-refractivity contribution is 6.39. The van der Waals surface area contributed by atoms with Crippen molar-refractivity contribution in [3.8, 4) is 5.75 Å². The lowest BCUT2D eigenvalue weighted by Crippen LogP contribution is -2.36. The van der Waals surface area contributed by atoms with Gasteiger partial charge in [-0.3, -0.25) is 9.59 Å². The minimum Gasteiger partial charge on any atom is -0.494 e. The molecule has 0 aliphatic carbocycles. The minimum atomic E-state index is -0.668. The molecule has 2 N–H and O–H groups in total. The van der Waals surface area contributed by atoms with E-state index in [1.807, 2.05) is 37.3 Å². The Morgan fingerprint density at radius 3 is 2.33 bits per heavy atom. The molecule has 0 fully saturated rings. The molecule has 0 aromatic heterocycles. The van der Waals surface area contributed by atoms with Crippen LogP contribution in [0.2, 0.25) is 0 Å². The summed E-state index contributed by atoms with van der Waals surface area (Å²) in [5.74, 6) is -0.573. The van der Waals surface area contributed by atoms with Gasteiger partial charge in [-0.2, -0.15) is 0 Å². The third-order valence-electron chi connectivity index (χ3n) is 3.40. The fraction of sp³-hybridized carbons (Fsp3) is 0.263. The number of nitrogens with one attached hydrogen (secondary N) is 2. The Labute approximate surface area is 142 Å². The Bertz CT molecular complexity index is 654. The van der Waals surface area contributed by atoms with Crippen LogP contribution in [0.3, 0.4) is 0 Å². The molecule has 0 saturated heterocycles. The van der Waals surface area contributed by atoms with E-state index >= 15 is 0 Å². The first-order valence-electron chi connectivity index (χ1n) is 8.05. The lowest BCUT2D eigenvalue weighted by molar-refractivity contribution is -0.136. The molecule has 0 bridgehead atoms. The molecule has 2 amide bonds. The summed E-state index contributed by atoms with van der Waals surface area (Å²) in [5.41, 5.74) is 1.77.